The van der Waals surface area contributed by atoms with Crippen molar-refractivity contribution in [3.05, 3.63) is 29.3 Å². The molecule has 0 aromatic heterocycles. The number of aryl methyl sites for hydroxylation is 1. The maximum atomic E-state index is 12.8. The predicted octanol–water partition coefficient (Wildman–Crippen LogP) is 2.79. The minimum Gasteiger partial charge on any atom is -0.373 e. The smallest absolute Gasteiger partial charge is 0.243 e. The summed E-state index contributed by atoms with van der Waals surface area (Å²) in [6.07, 6.45) is 0.658. The number of ether oxygens (including phenoxy) is 1. The highest BCUT2D eigenvalue weighted by Crippen LogP contribution is 2.24. The van der Waals surface area contributed by atoms with Crippen molar-refractivity contribution in [1.82, 2.24) is 4.31 Å². The molecule has 0 radical (unpaired) electrons. The zero-order valence-electron chi connectivity index (χ0n) is 12.7. The fourth-order valence-electron chi connectivity index (χ4n) is 2.71. The van der Waals surface area contributed by atoms with Crippen molar-refractivity contribution in [2.24, 2.45) is 0 Å². The van der Waals surface area contributed by atoms with Gasteiger partial charge in [0, 0.05) is 19.0 Å². The molecule has 1 fully saturated rings. The molecule has 1 aromatic rings. The molecule has 0 unspecified atom stereocenters. The third-order valence-electron chi connectivity index (χ3n) is 3.73. The Hall–Kier alpha value is -0.620. The largest absolute Gasteiger partial charge is 0.373 e. The molecule has 21 heavy (non-hydrogen) atoms. The number of rotatable bonds is 4. The van der Waals surface area contributed by atoms with Gasteiger partial charge in [-0.15, -0.1) is 11.6 Å². The monoisotopic (exact) mass is 331 g/mol. The molecule has 0 N–H and O–H groups in total. The van der Waals surface area contributed by atoms with E-state index in [1.807, 2.05) is 26.8 Å². The molecular weight excluding hydrogens is 310 g/mol. The van der Waals surface area contributed by atoms with Gasteiger partial charge in [0.1, 0.15) is 0 Å². The molecule has 6 heteroatoms. The van der Waals surface area contributed by atoms with Crippen LogP contribution in [-0.4, -0.2) is 38.0 Å². The Morgan fingerprint density at radius 2 is 1.86 bits per heavy atom. The van der Waals surface area contributed by atoms with Crippen LogP contribution in [-0.2, 0) is 27.1 Å². The van der Waals surface area contributed by atoms with E-state index in [1.54, 1.807) is 12.1 Å². The van der Waals surface area contributed by atoms with Crippen LogP contribution in [0.1, 0.15) is 31.9 Å². The second-order valence-electron chi connectivity index (χ2n) is 5.50. The molecule has 1 saturated heterocycles. The van der Waals surface area contributed by atoms with Gasteiger partial charge < -0.3 is 4.74 Å². The summed E-state index contributed by atoms with van der Waals surface area (Å²) < 4.78 is 32.7. The lowest BCUT2D eigenvalue weighted by Gasteiger charge is -2.34. The quantitative estimate of drug-likeness (QED) is 0.797. The van der Waals surface area contributed by atoms with Gasteiger partial charge >= 0.3 is 0 Å². The maximum absolute atomic E-state index is 12.8. The van der Waals surface area contributed by atoms with Crippen LogP contribution in [0, 0.1) is 0 Å². The number of benzene rings is 1. The standard InChI is InChI=1S/C15H22ClNO3S/c1-4-13-5-6-15(7-14(13)8-16)21(18,19)17-9-11(2)20-12(3)10-17/h5-7,11-12H,4,8-10H2,1-3H3/t11-,12+. The SMILES string of the molecule is CCc1ccc(S(=O)(=O)N2C[C@@H](C)O[C@@H](C)C2)cc1CCl. The average molecular weight is 332 g/mol. The summed E-state index contributed by atoms with van der Waals surface area (Å²) >= 11 is 5.94. The van der Waals surface area contributed by atoms with Crippen LogP contribution in [0.3, 0.4) is 0 Å². The van der Waals surface area contributed by atoms with E-state index < -0.39 is 10.0 Å². The summed E-state index contributed by atoms with van der Waals surface area (Å²) in [5, 5.41) is 0. The second kappa shape index (κ2) is 6.65. The van der Waals surface area contributed by atoms with Gasteiger partial charge in [0.2, 0.25) is 10.0 Å². The van der Waals surface area contributed by atoms with Gasteiger partial charge in [-0.1, -0.05) is 13.0 Å². The number of hydrogen-bond donors (Lipinski definition) is 0. The molecule has 0 amide bonds. The van der Waals surface area contributed by atoms with Gasteiger partial charge in [-0.05, 0) is 43.5 Å². The molecule has 1 aromatic carbocycles. The third kappa shape index (κ3) is 3.59. The van der Waals surface area contributed by atoms with Crippen LogP contribution in [0.25, 0.3) is 0 Å². The molecule has 1 aliphatic heterocycles. The molecule has 4 nitrogen and oxygen atoms in total. The van der Waals surface area contributed by atoms with Crippen LogP contribution < -0.4 is 0 Å². The molecule has 0 aliphatic carbocycles. The first-order chi connectivity index (χ1) is 9.88. The van der Waals surface area contributed by atoms with Gasteiger partial charge in [-0.25, -0.2) is 8.42 Å². The number of alkyl halides is 1. The Morgan fingerprint density at radius 1 is 1.24 bits per heavy atom. The van der Waals surface area contributed by atoms with Crippen molar-refractivity contribution in [1.29, 1.82) is 0 Å². The van der Waals surface area contributed by atoms with Crippen molar-refractivity contribution in [2.75, 3.05) is 13.1 Å². The molecule has 0 saturated carbocycles. The first-order valence-corrected chi connectivity index (χ1v) is 9.19. The predicted molar refractivity (Wildman–Crippen MR) is 84.1 cm³/mol. The maximum Gasteiger partial charge on any atom is 0.243 e. The highest BCUT2D eigenvalue weighted by Gasteiger charge is 2.32. The number of morpholine rings is 1. The van der Waals surface area contributed by atoms with Gasteiger partial charge in [-0.2, -0.15) is 4.31 Å². The van der Waals surface area contributed by atoms with Crippen LogP contribution in [0.15, 0.2) is 23.1 Å². The third-order valence-corrected chi connectivity index (χ3v) is 5.84. The minimum absolute atomic E-state index is 0.0917. The average Bonchev–Trinajstić information content (AvgIpc) is 2.45. The van der Waals surface area contributed by atoms with E-state index in [0.717, 1.165) is 17.5 Å². The molecule has 2 atom stereocenters. The summed E-state index contributed by atoms with van der Waals surface area (Å²) in [6, 6.07) is 5.23. The highest BCUT2D eigenvalue weighted by molar-refractivity contribution is 7.89. The van der Waals surface area contributed by atoms with Crippen LogP contribution >= 0.6 is 11.6 Å². The van der Waals surface area contributed by atoms with E-state index in [-0.39, 0.29) is 12.2 Å². The first-order valence-electron chi connectivity index (χ1n) is 7.21. The van der Waals surface area contributed by atoms with Crippen LogP contribution in [0.4, 0.5) is 0 Å². The summed E-state index contributed by atoms with van der Waals surface area (Å²) in [6.45, 7) is 6.59. The molecule has 0 bridgehead atoms. The van der Waals surface area contributed by atoms with Gasteiger partial charge in [0.15, 0.2) is 0 Å². The second-order valence-corrected chi connectivity index (χ2v) is 7.70. The molecule has 118 valence electrons. The summed E-state index contributed by atoms with van der Waals surface area (Å²) in [5.41, 5.74) is 1.97. The normalized spacial score (nSPS) is 24.2. The van der Waals surface area contributed by atoms with E-state index in [0.29, 0.717) is 23.9 Å². The van der Waals surface area contributed by atoms with Crippen LogP contribution in [0.5, 0.6) is 0 Å². The van der Waals surface area contributed by atoms with E-state index >= 15 is 0 Å². The topological polar surface area (TPSA) is 46.6 Å². The Labute approximate surface area is 132 Å². The zero-order chi connectivity index (χ0) is 15.6. The number of halogens is 1. The molecule has 0 spiro atoms. The number of hydrogen-bond acceptors (Lipinski definition) is 3. The van der Waals surface area contributed by atoms with E-state index in [1.165, 1.54) is 4.31 Å². The number of nitrogens with zero attached hydrogens (tertiary/aromatic N) is 1. The fraction of sp³-hybridized carbons (Fsp3) is 0.600. The van der Waals surface area contributed by atoms with E-state index in [4.69, 9.17) is 16.3 Å². The molecule has 2 rings (SSSR count). The first kappa shape index (κ1) is 16.7. The van der Waals surface area contributed by atoms with Gasteiger partial charge in [0.25, 0.3) is 0 Å². The van der Waals surface area contributed by atoms with Gasteiger partial charge in [-0.3, -0.25) is 0 Å². The lowest BCUT2D eigenvalue weighted by Crippen LogP contribution is -2.48. The Morgan fingerprint density at radius 3 is 2.38 bits per heavy atom. The van der Waals surface area contributed by atoms with Crippen molar-refractivity contribution in [2.45, 2.75) is 50.2 Å². The Kier molecular flexibility index (Phi) is 5.30. The molecule has 1 heterocycles. The summed E-state index contributed by atoms with van der Waals surface area (Å²) in [4.78, 5) is 0.316. The van der Waals surface area contributed by atoms with Crippen LogP contribution in [0.2, 0.25) is 0 Å². The highest BCUT2D eigenvalue weighted by atomic mass is 35.5. The lowest BCUT2D eigenvalue weighted by atomic mass is 10.1. The van der Waals surface area contributed by atoms with Crippen molar-refractivity contribution in [3.63, 3.8) is 0 Å². The van der Waals surface area contributed by atoms with Crippen molar-refractivity contribution in [3.8, 4) is 0 Å². The van der Waals surface area contributed by atoms with E-state index in [2.05, 4.69) is 0 Å². The lowest BCUT2D eigenvalue weighted by molar-refractivity contribution is -0.0440. The summed E-state index contributed by atoms with van der Waals surface area (Å²) in [5.74, 6) is 0.322. The van der Waals surface area contributed by atoms with Crippen molar-refractivity contribution < 1.29 is 13.2 Å². The zero-order valence-corrected chi connectivity index (χ0v) is 14.2. The van der Waals surface area contributed by atoms with Crippen molar-refractivity contribution >= 4 is 21.6 Å². The molecule has 1 aliphatic rings. The van der Waals surface area contributed by atoms with E-state index in [9.17, 15) is 8.42 Å². The fourth-order valence-corrected chi connectivity index (χ4v) is 4.60. The number of sulfonamides is 1. The Balaban J connectivity index is 2.35. The van der Waals surface area contributed by atoms with Gasteiger partial charge in [0.05, 0.1) is 17.1 Å². The Bertz CT molecular complexity index is 593. The molecular formula is C15H22ClNO3S. The summed E-state index contributed by atoms with van der Waals surface area (Å²) in [7, 11) is -3.49. The minimum atomic E-state index is -3.49.